The van der Waals surface area contributed by atoms with E-state index in [2.05, 4.69) is 10.6 Å². The Labute approximate surface area is 86.4 Å². The van der Waals surface area contributed by atoms with Gasteiger partial charge in [-0.15, -0.1) is 0 Å². The van der Waals surface area contributed by atoms with Crippen LogP contribution >= 0.6 is 0 Å². The van der Waals surface area contributed by atoms with Crippen molar-refractivity contribution in [2.75, 3.05) is 26.3 Å². The summed E-state index contributed by atoms with van der Waals surface area (Å²) >= 11 is 0. The van der Waals surface area contributed by atoms with Crippen LogP contribution in [0.2, 0.25) is 0 Å². The van der Waals surface area contributed by atoms with Crippen molar-refractivity contribution >= 4 is 5.91 Å². The zero-order chi connectivity index (χ0) is 11.0. The van der Waals surface area contributed by atoms with Gasteiger partial charge in [0.1, 0.15) is 0 Å². The van der Waals surface area contributed by atoms with Crippen LogP contribution in [-0.4, -0.2) is 37.7 Å². The fraction of sp³-hybridized carbons (Fsp3) is 0.900. The SMILES string of the molecule is CCOCCNCC(=O)NC(C)(C)C. The number of amides is 1. The molecule has 0 saturated heterocycles. The molecule has 4 heteroatoms. The van der Waals surface area contributed by atoms with Crippen molar-refractivity contribution in [3.05, 3.63) is 0 Å². The fourth-order valence-electron chi connectivity index (χ4n) is 0.953. The molecule has 1 amide bonds. The molecule has 0 fully saturated rings. The number of nitrogens with one attached hydrogen (secondary N) is 2. The van der Waals surface area contributed by atoms with Crippen molar-refractivity contribution < 1.29 is 9.53 Å². The monoisotopic (exact) mass is 202 g/mol. The Morgan fingerprint density at radius 3 is 2.50 bits per heavy atom. The van der Waals surface area contributed by atoms with Gasteiger partial charge in [-0.1, -0.05) is 0 Å². The lowest BCUT2D eigenvalue weighted by atomic mass is 10.1. The largest absolute Gasteiger partial charge is 0.380 e. The number of ether oxygens (including phenoxy) is 1. The molecule has 0 rings (SSSR count). The summed E-state index contributed by atoms with van der Waals surface area (Å²) in [6.45, 7) is 10.3. The van der Waals surface area contributed by atoms with Crippen LogP contribution in [0.3, 0.4) is 0 Å². The van der Waals surface area contributed by atoms with E-state index >= 15 is 0 Å². The Hall–Kier alpha value is -0.610. The Bertz CT molecular complexity index is 164. The first kappa shape index (κ1) is 13.4. The average molecular weight is 202 g/mol. The molecule has 0 spiro atoms. The summed E-state index contributed by atoms with van der Waals surface area (Å²) < 4.78 is 5.12. The minimum absolute atomic E-state index is 0.0222. The van der Waals surface area contributed by atoms with Crippen molar-refractivity contribution in [3.63, 3.8) is 0 Å². The van der Waals surface area contributed by atoms with Crippen LogP contribution in [0, 0.1) is 0 Å². The average Bonchev–Trinajstić information content (AvgIpc) is 2.00. The maximum Gasteiger partial charge on any atom is 0.234 e. The van der Waals surface area contributed by atoms with Crippen LogP contribution in [0.4, 0.5) is 0 Å². The summed E-state index contributed by atoms with van der Waals surface area (Å²) in [5.74, 6) is 0.0222. The molecule has 4 nitrogen and oxygen atoms in total. The number of hydrogen-bond donors (Lipinski definition) is 2. The van der Waals surface area contributed by atoms with Crippen molar-refractivity contribution in [1.29, 1.82) is 0 Å². The summed E-state index contributed by atoms with van der Waals surface area (Å²) in [5, 5.41) is 5.87. The quantitative estimate of drug-likeness (QED) is 0.618. The van der Waals surface area contributed by atoms with Crippen LogP contribution in [0.25, 0.3) is 0 Å². The molecule has 84 valence electrons. The minimum Gasteiger partial charge on any atom is -0.380 e. The molecule has 0 aromatic rings. The maximum absolute atomic E-state index is 11.3. The van der Waals surface area contributed by atoms with Gasteiger partial charge in [-0.2, -0.15) is 0 Å². The van der Waals surface area contributed by atoms with Crippen molar-refractivity contribution in [2.24, 2.45) is 0 Å². The highest BCUT2D eigenvalue weighted by atomic mass is 16.5. The second-order valence-corrected chi connectivity index (χ2v) is 4.17. The van der Waals surface area contributed by atoms with Crippen molar-refractivity contribution in [1.82, 2.24) is 10.6 Å². The number of hydrogen-bond acceptors (Lipinski definition) is 3. The summed E-state index contributed by atoms with van der Waals surface area (Å²) in [6.07, 6.45) is 0. The molecule has 14 heavy (non-hydrogen) atoms. The van der Waals surface area contributed by atoms with E-state index in [0.29, 0.717) is 19.7 Å². The van der Waals surface area contributed by atoms with Crippen LogP contribution in [0.1, 0.15) is 27.7 Å². The molecule has 0 heterocycles. The zero-order valence-corrected chi connectivity index (χ0v) is 9.64. The third kappa shape index (κ3) is 9.48. The first-order valence-corrected chi connectivity index (χ1v) is 5.05. The molecule has 0 radical (unpaired) electrons. The van der Waals surface area contributed by atoms with E-state index < -0.39 is 0 Å². The molecule has 0 aliphatic heterocycles. The van der Waals surface area contributed by atoms with Gasteiger partial charge in [0.25, 0.3) is 0 Å². The van der Waals surface area contributed by atoms with E-state index in [4.69, 9.17) is 4.74 Å². The molecular weight excluding hydrogens is 180 g/mol. The molecule has 0 aliphatic rings. The van der Waals surface area contributed by atoms with Gasteiger partial charge in [0, 0.05) is 18.7 Å². The Balaban J connectivity index is 3.36. The van der Waals surface area contributed by atoms with Crippen molar-refractivity contribution in [3.8, 4) is 0 Å². The highest BCUT2D eigenvalue weighted by Gasteiger charge is 2.12. The van der Waals surface area contributed by atoms with Crippen LogP contribution < -0.4 is 10.6 Å². The Morgan fingerprint density at radius 2 is 2.00 bits per heavy atom. The van der Waals surface area contributed by atoms with Crippen LogP contribution in [0.5, 0.6) is 0 Å². The van der Waals surface area contributed by atoms with Crippen LogP contribution in [-0.2, 0) is 9.53 Å². The smallest absolute Gasteiger partial charge is 0.234 e. The lowest BCUT2D eigenvalue weighted by Gasteiger charge is -2.20. The first-order valence-electron chi connectivity index (χ1n) is 5.05. The van der Waals surface area contributed by atoms with Gasteiger partial charge in [-0.05, 0) is 27.7 Å². The third-order valence-electron chi connectivity index (χ3n) is 1.43. The summed E-state index contributed by atoms with van der Waals surface area (Å²) in [6, 6.07) is 0. The predicted molar refractivity (Wildman–Crippen MR) is 57.3 cm³/mol. The van der Waals surface area contributed by atoms with Gasteiger partial charge in [-0.25, -0.2) is 0 Å². The van der Waals surface area contributed by atoms with Crippen LogP contribution in [0.15, 0.2) is 0 Å². The van der Waals surface area contributed by atoms with Gasteiger partial charge in [0.15, 0.2) is 0 Å². The highest BCUT2D eigenvalue weighted by Crippen LogP contribution is 1.96. The Morgan fingerprint density at radius 1 is 1.36 bits per heavy atom. The second-order valence-electron chi connectivity index (χ2n) is 4.17. The molecule has 0 aromatic carbocycles. The molecule has 0 bridgehead atoms. The summed E-state index contributed by atoms with van der Waals surface area (Å²) in [7, 11) is 0. The fourth-order valence-corrected chi connectivity index (χ4v) is 0.953. The molecule has 2 N–H and O–H groups in total. The lowest BCUT2D eigenvalue weighted by Crippen LogP contribution is -2.45. The maximum atomic E-state index is 11.3. The normalized spacial score (nSPS) is 11.4. The molecule has 0 saturated carbocycles. The zero-order valence-electron chi connectivity index (χ0n) is 9.64. The Kier molecular flexibility index (Phi) is 6.49. The first-order chi connectivity index (χ1) is 6.45. The van der Waals surface area contributed by atoms with Gasteiger partial charge < -0.3 is 15.4 Å². The third-order valence-corrected chi connectivity index (χ3v) is 1.43. The summed E-state index contributed by atoms with van der Waals surface area (Å²) in [4.78, 5) is 11.3. The molecule has 0 aromatic heterocycles. The van der Waals surface area contributed by atoms with E-state index in [-0.39, 0.29) is 11.4 Å². The predicted octanol–water partition coefficient (Wildman–Crippen LogP) is 0.527. The van der Waals surface area contributed by atoms with E-state index in [1.807, 2.05) is 27.7 Å². The van der Waals surface area contributed by atoms with Gasteiger partial charge in [-0.3, -0.25) is 4.79 Å². The molecule has 0 unspecified atom stereocenters. The molecular formula is C10H22N2O2. The van der Waals surface area contributed by atoms with E-state index in [9.17, 15) is 4.79 Å². The van der Waals surface area contributed by atoms with Gasteiger partial charge in [0.05, 0.1) is 13.2 Å². The number of rotatable bonds is 6. The minimum atomic E-state index is -0.154. The highest BCUT2D eigenvalue weighted by molar-refractivity contribution is 5.78. The van der Waals surface area contributed by atoms with E-state index in [0.717, 1.165) is 6.61 Å². The van der Waals surface area contributed by atoms with E-state index in [1.54, 1.807) is 0 Å². The lowest BCUT2D eigenvalue weighted by molar-refractivity contribution is -0.121. The number of carbonyl (C=O) groups excluding carboxylic acids is 1. The van der Waals surface area contributed by atoms with Gasteiger partial charge in [0.2, 0.25) is 5.91 Å². The topological polar surface area (TPSA) is 50.4 Å². The van der Waals surface area contributed by atoms with Gasteiger partial charge >= 0.3 is 0 Å². The standard InChI is InChI=1S/C10H22N2O2/c1-5-14-7-6-11-8-9(13)12-10(2,3)4/h11H,5-8H2,1-4H3,(H,12,13). The van der Waals surface area contributed by atoms with E-state index in [1.165, 1.54) is 0 Å². The van der Waals surface area contributed by atoms with Crippen molar-refractivity contribution in [2.45, 2.75) is 33.2 Å². The summed E-state index contributed by atoms with van der Waals surface area (Å²) in [5.41, 5.74) is -0.154. The molecule has 0 atom stereocenters. The number of carbonyl (C=O) groups is 1. The molecule has 0 aliphatic carbocycles. The second kappa shape index (κ2) is 6.79.